The minimum Gasteiger partial charge on any atom is -0.382 e. The number of rotatable bonds is 5. The number of amides is 1. The van der Waals surface area contributed by atoms with Crippen molar-refractivity contribution in [1.29, 1.82) is 0 Å². The van der Waals surface area contributed by atoms with Gasteiger partial charge in [-0.25, -0.2) is 4.98 Å². The van der Waals surface area contributed by atoms with E-state index >= 15 is 0 Å². The lowest BCUT2D eigenvalue weighted by molar-refractivity contribution is 0.0800. The van der Waals surface area contributed by atoms with Crippen molar-refractivity contribution in [3.63, 3.8) is 0 Å². The molecule has 0 radical (unpaired) electrons. The van der Waals surface area contributed by atoms with Crippen molar-refractivity contribution in [1.82, 2.24) is 9.88 Å². The maximum atomic E-state index is 12.1. The first-order valence-corrected chi connectivity index (χ1v) is 6.55. The van der Waals surface area contributed by atoms with Crippen molar-refractivity contribution >= 4 is 28.2 Å². The van der Waals surface area contributed by atoms with Crippen LogP contribution in [0.3, 0.4) is 0 Å². The standard InChI is InChI=1S/C11H20N4OS/c1-5-7-15(4)10(16)8-9(12)13-11(17-8)14(3)6-2/h5-7,12H2,1-4H3. The Kier molecular flexibility index (Phi) is 4.74. The predicted molar refractivity (Wildman–Crippen MR) is 72.7 cm³/mol. The summed E-state index contributed by atoms with van der Waals surface area (Å²) >= 11 is 1.35. The molecular weight excluding hydrogens is 236 g/mol. The molecule has 5 nitrogen and oxygen atoms in total. The van der Waals surface area contributed by atoms with Gasteiger partial charge in [-0.3, -0.25) is 4.79 Å². The summed E-state index contributed by atoms with van der Waals surface area (Å²) in [7, 11) is 3.72. The normalized spacial score (nSPS) is 10.4. The SMILES string of the molecule is CCCN(C)C(=O)c1sc(N(C)CC)nc1N. The van der Waals surface area contributed by atoms with E-state index in [9.17, 15) is 4.79 Å². The Bertz CT molecular complexity index is 391. The van der Waals surface area contributed by atoms with Crippen LogP contribution < -0.4 is 10.6 Å². The van der Waals surface area contributed by atoms with Crippen LogP contribution in [0.2, 0.25) is 0 Å². The third-order valence-electron chi connectivity index (χ3n) is 2.54. The fourth-order valence-corrected chi connectivity index (χ4v) is 2.39. The maximum absolute atomic E-state index is 12.1. The van der Waals surface area contributed by atoms with E-state index in [0.29, 0.717) is 10.7 Å². The Balaban J connectivity index is 2.91. The summed E-state index contributed by atoms with van der Waals surface area (Å²) in [6.45, 7) is 5.64. The number of nitrogen functional groups attached to an aromatic ring is 1. The fourth-order valence-electron chi connectivity index (χ4n) is 1.38. The summed E-state index contributed by atoms with van der Waals surface area (Å²) in [6, 6.07) is 0. The van der Waals surface area contributed by atoms with Gasteiger partial charge in [0, 0.05) is 27.2 Å². The molecule has 0 aromatic carbocycles. The summed E-state index contributed by atoms with van der Waals surface area (Å²) in [6.07, 6.45) is 0.933. The summed E-state index contributed by atoms with van der Waals surface area (Å²) in [4.78, 5) is 20.5. The van der Waals surface area contributed by atoms with E-state index in [1.807, 2.05) is 25.8 Å². The largest absolute Gasteiger partial charge is 0.382 e. The van der Waals surface area contributed by atoms with Crippen LogP contribution in [0, 0.1) is 0 Å². The number of thiazole rings is 1. The molecule has 0 saturated carbocycles. The molecule has 0 aliphatic rings. The highest BCUT2D eigenvalue weighted by Gasteiger charge is 2.20. The molecule has 1 heterocycles. The molecule has 6 heteroatoms. The van der Waals surface area contributed by atoms with Crippen molar-refractivity contribution in [2.24, 2.45) is 0 Å². The molecular formula is C11H20N4OS. The Hall–Kier alpha value is -1.30. The minimum absolute atomic E-state index is 0.0439. The van der Waals surface area contributed by atoms with E-state index in [4.69, 9.17) is 5.73 Å². The summed E-state index contributed by atoms with van der Waals surface area (Å²) in [5.41, 5.74) is 5.79. The van der Waals surface area contributed by atoms with Crippen LogP contribution in [0.4, 0.5) is 10.9 Å². The minimum atomic E-state index is -0.0439. The zero-order valence-corrected chi connectivity index (χ0v) is 11.7. The van der Waals surface area contributed by atoms with Crippen LogP contribution in [0.5, 0.6) is 0 Å². The van der Waals surface area contributed by atoms with Crippen molar-refractivity contribution in [3.05, 3.63) is 4.88 Å². The summed E-state index contributed by atoms with van der Waals surface area (Å²) in [5, 5.41) is 0.790. The number of anilines is 2. The molecule has 0 unspecified atom stereocenters. The molecule has 2 N–H and O–H groups in total. The zero-order chi connectivity index (χ0) is 13.0. The Morgan fingerprint density at radius 3 is 2.59 bits per heavy atom. The molecule has 0 fully saturated rings. The van der Waals surface area contributed by atoms with Crippen LogP contribution in [-0.4, -0.2) is 43.0 Å². The van der Waals surface area contributed by atoms with Gasteiger partial charge in [-0.2, -0.15) is 0 Å². The molecule has 0 atom stereocenters. The lowest BCUT2D eigenvalue weighted by atomic mass is 10.4. The molecule has 0 spiro atoms. The highest BCUT2D eigenvalue weighted by Crippen LogP contribution is 2.28. The summed E-state index contributed by atoms with van der Waals surface area (Å²) < 4.78 is 0. The van der Waals surface area contributed by atoms with Gasteiger partial charge in [0.1, 0.15) is 10.7 Å². The van der Waals surface area contributed by atoms with Crippen LogP contribution in [-0.2, 0) is 0 Å². The molecule has 1 aromatic heterocycles. The molecule has 17 heavy (non-hydrogen) atoms. The first kappa shape index (κ1) is 13.8. The Morgan fingerprint density at radius 2 is 2.06 bits per heavy atom. The highest BCUT2D eigenvalue weighted by atomic mass is 32.1. The Labute approximate surface area is 106 Å². The lowest BCUT2D eigenvalue weighted by Gasteiger charge is -2.14. The molecule has 0 aliphatic heterocycles. The van der Waals surface area contributed by atoms with Gasteiger partial charge in [0.05, 0.1) is 0 Å². The molecule has 1 aromatic rings. The van der Waals surface area contributed by atoms with E-state index in [-0.39, 0.29) is 5.91 Å². The smallest absolute Gasteiger partial charge is 0.267 e. The van der Waals surface area contributed by atoms with Gasteiger partial charge in [0.2, 0.25) is 0 Å². The zero-order valence-electron chi connectivity index (χ0n) is 10.9. The number of hydrogen-bond acceptors (Lipinski definition) is 5. The van der Waals surface area contributed by atoms with Gasteiger partial charge < -0.3 is 15.5 Å². The molecule has 96 valence electrons. The Morgan fingerprint density at radius 1 is 1.41 bits per heavy atom. The average Bonchev–Trinajstić information content (AvgIpc) is 2.69. The molecule has 0 bridgehead atoms. The second kappa shape index (κ2) is 5.86. The monoisotopic (exact) mass is 256 g/mol. The van der Waals surface area contributed by atoms with E-state index in [2.05, 4.69) is 4.98 Å². The quantitative estimate of drug-likeness (QED) is 0.870. The number of aromatic nitrogens is 1. The molecule has 0 aliphatic carbocycles. The first-order valence-electron chi connectivity index (χ1n) is 5.74. The van der Waals surface area contributed by atoms with Crippen molar-refractivity contribution in [3.8, 4) is 0 Å². The van der Waals surface area contributed by atoms with Gasteiger partial charge in [-0.05, 0) is 13.3 Å². The lowest BCUT2D eigenvalue weighted by Crippen LogP contribution is -2.27. The van der Waals surface area contributed by atoms with Crippen LogP contribution >= 0.6 is 11.3 Å². The van der Waals surface area contributed by atoms with Crippen LogP contribution in [0.25, 0.3) is 0 Å². The maximum Gasteiger partial charge on any atom is 0.267 e. The highest BCUT2D eigenvalue weighted by molar-refractivity contribution is 7.18. The number of hydrogen-bond donors (Lipinski definition) is 1. The van der Waals surface area contributed by atoms with Gasteiger partial charge in [0.15, 0.2) is 5.13 Å². The molecule has 0 saturated heterocycles. The topological polar surface area (TPSA) is 62.5 Å². The molecule has 1 rings (SSSR count). The summed E-state index contributed by atoms with van der Waals surface area (Å²) in [5.74, 6) is 0.288. The number of carbonyl (C=O) groups is 1. The first-order chi connectivity index (χ1) is 8.01. The van der Waals surface area contributed by atoms with Gasteiger partial charge in [0.25, 0.3) is 5.91 Å². The molecule has 1 amide bonds. The van der Waals surface area contributed by atoms with Crippen molar-refractivity contribution in [2.45, 2.75) is 20.3 Å². The third kappa shape index (κ3) is 3.09. The van der Waals surface area contributed by atoms with E-state index in [1.165, 1.54) is 11.3 Å². The van der Waals surface area contributed by atoms with Gasteiger partial charge in [-0.15, -0.1) is 0 Å². The second-order valence-electron chi connectivity index (χ2n) is 3.95. The van der Waals surface area contributed by atoms with E-state index < -0.39 is 0 Å². The van der Waals surface area contributed by atoms with Crippen LogP contribution in [0.15, 0.2) is 0 Å². The third-order valence-corrected chi connectivity index (χ3v) is 3.72. The van der Waals surface area contributed by atoms with Crippen molar-refractivity contribution < 1.29 is 4.79 Å². The number of nitrogens with zero attached hydrogens (tertiary/aromatic N) is 3. The van der Waals surface area contributed by atoms with Gasteiger partial charge in [-0.1, -0.05) is 18.3 Å². The number of nitrogens with two attached hydrogens (primary N) is 1. The van der Waals surface area contributed by atoms with E-state index in [1.54, 1.807) is 11.9 Å². The fraction of sp³-hybridized carbons (Fsp3) is 0.636. The number of carbonyl (C=O) groups excluding carboxylic acids is 1. The van der Waals surface area contributed by atoms with Crippen LogP contribution in [0.1, 0.15) is 29.9 Å². The average molecular weight is 256 g/mol. The predicted octanol–water partition coefficient (Wildman–Crippen LogP) is 1.66. The van der Waals surface area contributed by atoms with Gasteiger partial charge >= 0.3 is 0 Å². The van der Waals surface area contributed by atoms with E-state index in [0.717, 1.165) is 24.6 Å². The second-order valence-corrected chi connectivity index (χ2v) is 4.93. The van der Waals surface area contributed by atoms with Crippen molar-refractivity contribution in [2.75, 3.05) is 37.8 Å².